The van der Waals surface area contributed by atoms with Crippen LogP contribution in [0.25, 0.3) is 0 Å². The van der Waals surface area contributed by atoms with E-state index in [1.165, 1.54) is 6.42 Å². The van der Waals surface area contributed by atoms with E-state index in [0.29, 0.717) is 6.42 Å². The summed E-state index contributed by atoms with van der Waals surface area (Å²) in [5.41, 5.74) is 1.04. The Morgan fingerprint density at radius 3 is 3.06 bits per heavy atom. The van der Waals surface area contributed by atoms with E-state index in [2.05, 4.69) is 22.1 Å². The van der Waals surface area contributed by atoms with Crippen LogP contribution in [0.3, 0.4) is 0 Å². The second-order valence-electron chi connectivity index (χ2n) is 5.43. The van der Waals surface area contributed by atoms with Crippen molar-refractivity contribution in [3.8, 4) is 0 Å². The molecule has 1 unspecified atom stereocenters. The van der Waals surface area contributed by atoms with Crippen LogP contribution in [-0.2, 0) is 11.2 Å². The summed E-state index contributed by atoms with van der Waals surface area (Å²) in [6, 6.07) is 1.97. The lowest BCUT2D eigenvalue weighted by atomic mass is 9.87. The van der Waals surface area contributed by atoms with Gasteiger partial charge in [-0.05, 0) is 44.9 Å². The highest BCUT2D eigenvalue weighted by Gasteiger charge is 2.36. The van der Waals surface area contributed by atoms with E-state index in [1.807, 2.05) is 25.5 Å². The molecule has 100 valence electrons. The monoisotopic (exact) mass is 249 g/mol. The lowest BCUT2D eigenvalue weighted by molar-refractivity contribution is -0.138. The van der Waals surface area contributed by atoms with Crippen molar-refractivity contribution in [2.75, 3.05) is 20.1 Å². The molecule has 1 aliphatic rings. The number of nitrogens with one attached hydrogen (secondary N) is 2. The molecule has 1 aromatic rings. The standard InChI is InChI=1S/C14H23N3O/c1-14(11-15-2)6-3-4-8-17(14)13(18)9-12-5-7-16-10-12/h5,7,10,15-16H,3-4,6,8-9,11H2,1-2H3. The Bertz CT molecular complexity index is 384. The molecule has 4 nitrogen and oxygen atoms in total. The Hall–Kier alpha value is -1.29. The molecule has 1 atom stereocenters. The van der Waals surface area contributed by atoms with Crippen LogP contribution in [0.1, 0.15) is 31.7 Å². The van der Waals surface area contributed by atoms with Gasteiger partial charge in [0.1, 0.15) is 0 Å². The Labute approximate surface area is 109 Å². The van der Waals surface area contributed by atoms with Gasteiger partial charge in [-0.3, -0.25) is 4.79 Å². The molecule has 0 radical (unpaired) electrons. The van der Waals surface area contributed by atoms with Crippen LogP contribution < -0.4 is 5.32 Å². The van der Waals surface area contributed by atoms with E-state index in [0.717, 1.165) is 31.5 Å². The molecule has 1 fully saturated rings. The Kier molecular flexibility index (Phi) is 4.07. The number of rotatable bonds is 4. The number of aromatic amines is 1. The topological polar surface area (TPSA) is 48.1 Å². The van der Waals surface area contributed by atoms with E-state index >= 15 is 0 Å². The summed E-state index contributed by atoms with van der Waals surface area (Å²) >= 11 is 0. The summed E-state index contributed by atoms with van der Waals surface area (Å²) in [5, 5.41) is 3.22. The van der Waals surface area contributed by atoms with Gasteiger partial charge in [-0.2, -0.15) is 0 Å². The second kappa shape index (κ2) is 5.57. The van der Waals surface area contributed by atoms with Crippen molar-refractivity contribution in [1.29, 1.82) is 0 Å². The minimum absolute atomic E-state index is 0.0274. The highest BCUT2D eigenvalue weighted by Crippen LogP contribution is 2.28. The molecule has 18 heavy (non-hydrogen) atoms. The molecule has 0 bridgehead atoms. The van der Waals surface area contributed by atoms with E-state index in [9.17, 15) is 4.79 Å². The van der Waals surface area contributed by atoms with Crippen molar-refractivity contribution in [3.05, 3.63) is 24.0 Å². The molecular weight excluding hydrogens is 226 g/mol. The second-order valence-corrected chi connectivity index (χ2v) is 5.43. The lowest BCUT2D eigenvalue weighted by Gasteiger charge is -2.45. The van der Waals surface area contributed by atoms with Gasteiger partial charge in [0, 0.05) is 25.5 Å². The maximum absolute atomic E-state index is 12.4. The van der Waals surface area contributed by atoms with Crippen LogP contribution in [0.15, 0.2) is 18.5 Å². The molecule has 4 heteroatoms. The van der Waals surface area contributed by atoms with Crippen LogP contribution in [0.5, 0.6) is 0 Å². The van der Waals surface area contributed by atoms with Gasteiger partial charge in [-0.1, -0.05) is 0 Å². The molecular formula is C14H23N3O. The summed E-state index contributed by atoms with van der Waals surface area (Å²) in [6.07, 6.45) is 7.70. The van der Waals surface area contributed by atoms with Crippen molar-refractivity contribution in [3.63, 3.8) is 0 Å². The normalized spacial score (nSPS) is 24.2. The highest BCUT2D eigenvalue weighted by molar-refractivity contribution is 5.79. The Balaban J connectivity index is 2.06. The zero-order chi connectivity index (χ0) is 13.0. The smallest absolute Gasteiger partial charge is 0.227 e. The molecule has 1 aromatic heterocycles. The number of hydrogen-bond donors (Lipinski definition) is 2. The minimum atomic E-state index is -0.0274. The SMILES string of the molecule is CNCC1(C)CCCCN1C(=O)Cc1cc[nH]c1. The van der Waals surface area contributed by atoms with E-state index in [4.69, 9.17) is 0 Å². The average molecular weight is 249 g/mol. The van der Waals surface area contributed by atoms with Crippen LogP contribution >= 0.6 is 0 Å². The van der Waals surface area contributed by atoms with Gasteiger partial charge in [0.2, 0.25) is 5.91 Å². The number of carbonyl (C=O) groups is 1. The third kappa shape index (κ3) is 2.75. The summed E-state index contributed by atoms with van der Waals surface area (Å²) < 4.78 is 0. The summed E-state index contributed by atoms with van der Waals surface area (Å²) in [7, 11) is 1.95. The van der Waals surface area contributed by atoms with Crippen molar-refractivity contribution >= 4 is 5.91 Å². The third-order valence-corrected chi connectivity index (χ3v) is 3.88. The quantitative estimate of drug-likeness (QED) is 0.850. The number of amides is 1. The summed E-state index contributed by atoms with van der Waals surface area (Å²) in [6.45, 7) is 3.95. The third-order valence-electron chi connectivity index (χ3n) is 3.88. The van der Waals surface area contributed by atoms with E-state index in [-0.39, 0.29) is 11.4 Å². The number of carbonyl (C=O) groups excluding carboxylic acids is 1. The van der Waals surface area contributed by atoms with E-state index in [1.54, 1.807) is 0 Å². The van der Waals surface area contributed by atoms with Gasteiger partial charge < -0.3 is 15.2 Å². The number of hydrogen-bond acceptors (Lipinski definition) is 2. The van der Waals surface area contributed by atoms with Gasteiger partial charge in [-0.15, -0.1) is 0 Å². The van der Waals surface area contributed by atoms with Crippen LogP contribution in [0, 0.1) is 0 Å². The fraction of sp³-hybridized carbons (Fsp3) is 0.643. The van der Waals surface area contributed by atoms with Crippen LogP contribution in [0.2, 0.25) is 0 Å². The molecule has 1 aliphatic heterocycles. The predicted molar refractivity (Wildman–Crippen MR) is 72.4 cm³/mol. The average Bonchev–Trinajstić information content (AvgIpc) is 2.82. The van der Waals surface area contributed by atoms with Gasteiger partial charge in [0.05, 0.1) is 12.0 Å². The Morgan fingerprint density at radius 2 is 2.39 bits per heavy atom. The molecule has 2 rings (SSSR count). The molecule has 0 spiro atoms. The first kappa shape index (κ1) is 13.1. The molecule has 2 N–H and O–H groups in total. The minimum Gasteiger partial charge on any atom is -0.367 e. The molecule has 0 saturated carbocycles. The van der Waals surface area contributed by atoms with Crippen LogP contribution in [0.4, 0.5) is 0 Å². The van der Waals surface area contributed by atoms with Gasteiger partial charge in [0.15, 0.2) is 0 Å². The number of likely N-dealkylation sites (tertiary alicyclic amines) is 1. The fourth-order valence-corrected chi connectivity index (χ4v) is 2.91. The largest absolute Gasteiger partial charge is 0.367 e. The molecule has 1 saturated heterocycles. The van der Waals surface area contributed by atoms with Crippen molar-refractivity contribution in [1.82, 2.24) is 15.2 Å². The van der Waals surface area contributed by atoms with Crippen molar-refractivity contribution in [2.24, 2.45) is 0 Å². The van der Waals surface area contributed by atoms with Crippen molar-refractivity contribution < 1.29 is 4.79 Å². The first-order chi connectivity index (χ1) is 8.65. The molecule has 1 amide bonds. The first-order valence-electron chi connectivity index (χ1n) is 6.72. The summed E-state index contributed by atoms with van der Waals surface area (Å²) in [5.74, 6) is 0.243. The maximum Gasteiger partial charge on any atom is 0.227 e. The fourth-order valence-electron chi connectivity index (χ4n) is 2.91. The number of piperidine rings is 1. The Morgan fingerprint density at radius 1 is 1.56 bits per heavy atom. The zero-order valence-electron chi connectivity index (χ0n) is 11.3. The van der Waals surface area contributed by atoms with Gasteiger partial charge in [0.25, 0.3) is 0 Å². The first-order valence-corrected chi connectivity index (χ1v) is 6.72. The number of aromatic nitrogens is 1. The lowest BCUT2D eigenvalue weighted by Crippen LogP contribution is -2.57. The zero-order valence-corrected chi connectivity index (χ0v) is 11.3. The van der Waals surface area contributed by atoms with Gasteiger partial charge >= 0.3 is 0 Å². The highest BCUT2D eigenvalue weighted by atomic mass is 16.2. The van der Waals surface area contributed by atoms with Crippen LogP contribution in [-0.4, -0.2) is 41.5 Å². The molecule has 2 heterocycles. The number of likely N-dealkylation sites (N-methyl/N-ethyl adjacent to an activating group) is 1. The number of nitrogens with zero attached hydrogens (tertiary/aromatic N) is 1. The molecule has 0 aliphatic carbocycles. The predicted octanol–water partition coefficient (Wildman–Crippen LogP) is 1.55. The number of H-pyrrole nitrogens is 1. The maximum atomic E-state index is 12.4. The van der Waals surface area contributed by atoms with Crippen molar-refractivity contribution in [2.45, 2.75) is 38.1 Å². The molecule has 0 aromatic carbocycles. The van der Waals surface area contributed by atoms with E-state index < -0.39 is 0 Å². The summed E-state index contributed by atoms with van der Waals surface area (Å²) in [4.78, 5) is 17.5. The van der Waals surface area contributed by atoms with Gasteiger partial charge in [-0.25, -0.2) is 0 Å².